The number of aliphatic hydroxyl groups excluding tert-OH is 1. The highest BCUT2D eigenvalue weighted by molar-refractivity contribution is 7.80. The second kappa shape index (κ2) is 10.9. The van der Waals surface area contributed by atoms with Crippen molar-refractivity contribution in [2.45, 2.75) is 25.9 Å². The van der Waals surface area contributed by atoms with Gasteiger partial charge in [-0.25, -0.2) is 0 Å². The van der Waals surface area contributed by atoms with Crippen LogP contribution in [0.1, 0.15) is 28.9 Å². The van der Waals surface area contributed by atoms with Crippen molar-refractivity contribution in [3.05, 3.63) is 89.8 Å². The molecule has 3 aromatic rings. The predicted molar refractivity (Wildman–Crippen MR) is 112 cm³/mol. The Balaban J connectivity index is 1.69. The summed E-state index contributed by atoms with van der Waals surface area (Å²) in [4.78, 5) is 15.7. The molecule has 0 aliphatic rings. The summed E-state index contributed by atoms with van der Waals surface area (Å²) in [5, 5.41) is 13.1. The minimum Gasteiger partial charge on any atom is -0.374 e. The van der Waals surface area contributed by atoms with Gasteiger partial charge in [0.1, 0.15) is 6.23 Å². The lowest BCUT2D eigenvalue weighted by Gasteiger charge is -2.21. The second-order valence-electron chi connectivity index (χ2n) is 6.45. The normalized spacial score (nSPS) is 12.2. The molecule has 0 saturated carbocycles. The van der Waals surface area contributed by atoms with Crippen LogP contribution in [0.4, 0.5) is 0 Å². The van der Waals surface area contributed by atoms with Crippen LogP contribution >= 0.6 is 12.6 Å². The van der Waals surface area contributed by atoms with E-state index in [0.29, 0.717) is 31.9 Å². The zero-order valence-electron chi connectivity index (χ0n) is 15.6. The van der Waals surface area contributed by atoms with Crippen molar-refractivity contribution in [1.29, 1.82) is 0 Å². The van der Waals surface area contributed by atoms with Gasteiger partial charge in [0.25, 0.3) is 0 Å². The SMILES string of the molecule is OC(NCCS)c1ccc(CN(Cc2ccccn2)Cc2ccccn2)nc1. The molecular weight excluding hydrogens is 370 g/mol. The van der Waals surface area contributed by atoms with E-state index < -0.39 is 6.23 Å². The van der Waals surface area contributed by atoms with Gasteiger partial charge in [0, 0.05) is 56.1 Å². The van der Waals surface area contributed by atoms with Gasteiger partial charge in [-0.05, 0) is 30.3 Å². The molecule has 3 rings (SSSR count). The van der Waals surface area contributed by atoms with Gasteiger partial charge in [0.15, 0.2) is 0 Å². The van der Waals surface area contributed by atoms with Crippen LogP contribution in [0.25, 0.3) is 0 Å². The summed E-state index contributed by atoms with van der Waals surface area (Å²) < 4.78 is 0. The standard InChI is InChI=1S/C21H25N5OS/c27-21(24-11-12-28)17-7-8-20(25-13-17)16-26(14-18-5-1-3-9-22-18)15-19-6-2-4-10-23-19/h1-10,13,21,24,27-28H,11-12,14-16H2. The fraction of sp³-hybridized carbons (Fsp3) is 0.286. The van der Waals surface area contributed by atoms with Gasteiger partial charge >= 0.3 is 0 Å². The van der Waals surface area contributed by atoms with Crippen molar-refractivity contribution in [3.8, 4) is 0 Å². The fourth-order valence-corrected chi connectivity index (χ4v) is 2.98. The Morgan fingerprint density at radius 2 is 1.46 bits per heavy atom. The molecule has 7 heteroatoms. The largest absolute Gasteiger partial charge is 0.374 e. The minimum atomic E-state index is -0.730. The third kappa shape index (κ3) is 6.38. The summed E-state index contributed by atoms with van der Waals surface area (Å²) >= 11 is 4.14. The molecule has 0 saturated heterocycles. The van der Waals surface area contributed by atoms with Crippen molar-refractivity contribution in [3.63, 3.8) is 0 Å². The van der Waals surface area contributed by atoms with Crippen LogP contribution in [0, 0.1) is 0 Å². The van der Waals surface area contributed by atoms with E-state index in [0.717, 1.165) is 22.6 Å². The number of hydrogen-bond donors (Lipinski definition) is 3. The maximum Gasteiger partial charge on any atom is 0.132 e. The predicted octanol–water partition coefficient (Wildman–Crippen LogP) is 2.58. The number of thiol groups is 1. The van der Waals surface area contributed by atoms with Gasteiger partial charge in [0.2, 0.25) is 0 Å². The molecule has 3 aromatic heterocycles. The van der Waals surface area contributed by atoms with Gasteiger partial charge in [-0.2, -0.15) is 12.6 Å². The summed E-state index contributed by atoms with van der Waals surface area (Å²) in [6.07, 6.45) is 4.60. The summed E-state index contributed by atoms with van der Waals surface area (Å²) in [5.74, 6) is 0.665. The van der Waals surface area contributed by atoms with Gasteiger partial charge in [-0.15, -0.1) is 0 Å². The Morgan fingerprint density at radius 1 is 0.857 bits per heavy atom. The molecule has 0 aliphatic heterocycles. The van der Waals surface area contributed by atoms with Crippen molar-refractivity contribution in [2.75, 3.05) is 12.3 Å². The Bertz CT molecular complexity index is 776. The summed E-state index contributed by atoms with van der Waals surface area (Å²) in [6.45, 7) is 2.70. The molecule has 0 aromatic carbocycles. The first kappa shape index (κ1) is 20.4. The van der Waals surface area contributed by atoms with Crippen LogP contribution in [-0.4, -0.2) is 37.3 Å². The lowest BCUT2D eigenvalue weighted by Crippen LogP contribution is -2.25. The van der Waals surface area contributed by atoms with E-state index in [2.05, 4.69) is 37.8 Å². The highest BCUT2D eigenvalue weighted by atomic mass is 32.1. The number of pyridine rings is 3. The van der Waals surface area contributed by atoms with Crippen molar-refractivity contribution < 1.29 is 5.11 Å². The molecular formula is C21H25N5OS. The van der Waals surface area contributed by atoms with E-state index in [-0.39, 0.29) is 0 Å². The zero-order valence-corrected chi connectivity index (χ0v) is 16.5. The topological polar surface area (TPSA) is 74.2 Å². The first-order chi connectivity index (χ1) is 13.7. The highest BCUT2D eigenvalue weighted by Crippen LogP contribution is 2.13. The maximum absolute atomic E-state index is 10.1. The molecule has 1 atom stereocenters. The number of aliphatic hydroxyl groups is 1. The van der Waals surface area contributed by atoms with Crippen LogP contribution in [0.15, 0.2) is 67.1 Å². The first-order valence-corrected chi connectivity index (χ1v) is 9.87. The Kier molecular flexibility index (Phi) is 7.93. The quantitative estimate of drug-likeness (QED) is 0.362. The van der Waals surface area contributed by atoms with Gasteiger partial charge in [-0.3, -0.25) is 25.2 Å². The van der Waals surface area contributed by atoms with Gasteiger partial charge < -0.3 is 5.11 Å². The van der Waals surface area contributed by atoms with Crippen molar-refractivity contribution >= 4 is 12.6 Å². The Labute approximate surface area is 171 Å². The molecule has 1 unspecified atom stereocenters. The van der Waals surface area contributed by atoms with Crippen LogP contribution in [0.2, 0.25) is 0 Å². The van der Waals surface area contributed by atoms with Crippen LogP contribution in [0.5, 0.6) is 0 Å². The number of rotatable bonds is 10. The lowest BCUT2D eigenvalue weighted by atomic mass is 10.2. The molecule has 6 nitrogen and oxygen atoms in total. The maximum atomic E-state index is 10.1. The molecule has 0 aliphatic carbocycles. The highest BCUT2D eigenvalue weighted by Gasteiger charge is 2.12. The number of nitrogens with one attached hydrogen (secondary N) is 1. The molecule has 28 heavy (non-hydrogen) atoms. The summed E-state index contributed by atoms with van der Waals surface area (Å²) in [5.41, 5.74) is 3.67. The average molecular weight is 396 g/mol. The van der Waals surface area contributed by atoms with E-state index in [1.807, 2.05) is 48.5 Å². The average Bonchev–Trinajstić information content (AvgIpc) is 2.74. The van der Waals surface area contributed by atoms with Crippen molar-refractivity contribution in [1.82, 2.24) is 25.2 Å². The smallest absolute Gasteiger partial charge is 0.132 e. The van der Waals surface area contributed by atoms with E-state index in [9.17, 15) is 5.11 Å². The van der Waals surface area contributed by atoms with Crippen LogP contribution < -0.4 is 5.32 Å². The molecule has 0 spiro atoms. The Hall–Kier alpha value is -2.32. The number of nitrogens with zero attached hydrogens (tertiary/aromatic N) is 4. The minimum absolute atomic E-state index is 0.633. The first-order valence-electron chi connectivity index (χ1n) is 9.24. The molecule has 0 amide bonds. The summed E-state index contributed by atoms with van der Waals surface area (Å²) in [7, 11) is 0. The van der Waals surface area contributed by atoms with E-state index >= 15 is 0 Å². The molecule has 2 N–H and O–H groups in total. The second-order valence-corrected chi connectivity index (χ2v) is 6.90. The number of aromatic nitrogens is 3. The van der Waals surface area contributed by atoms with Crippen LogP contribution in [0.3, 0.4) is 0 Å². The third-order valence-electron chi connectivity index (χ3n) is 4.22. The molecule has 0 fully saturated rings. The van der Waals surface area contributed by atoms with Crippen LogP contribution in [-0.2, 0) is 19.6 Å². The monoisotopic (exact) mass is 395 g/mol. The summed E-state index contributed by atoms with van der Waals surface area (Å²) in [6, 6.07) is 15.7. The molecule has 3 heterocycles. The van der Waals surface area contributed by atoms with E-state index in [1.165, 1.54) is 0 Å². The number of hydrogen-bond acceptors (Lipinski definition) is 7. The van der Waals surface area contributed by atoms with E-state index in [1.54, 1.807) is 18.6 Å². The molecule has 0 bridgehead atoms. The third-order valence-corrected chi connectivity index (χ3v) is 4.45. The van der Waals surface area contributed by atoms with Gasteiger partial charge in [0.05, 0.1) is 17.1 Å². The zero-order chi connectivity index (χ0) is 19.6. The molecule has 146 valence electrons. The Morgan fingerprint density at radius 3 is 1.93 bits per heavy atom. The lowest BCUT2D eigenvalue weighted by molar-refractivity contribution is 0.141. The molecule has 0 radical (unpaired) electrons. The van der Waals surface area contributed by atoms with Gasteiger partial charge in [-0.1, -0.05) is 18.2 Å². The fourth-order valence-electron chi connectivity index (χ4n) is 2.85. The van der Waals surface area contributed by atoms with Crippen molar-refractivity contribution in [2.24, 2.45) is 0 Å². The van der Waals surface area contributed by atoms with E-state index in [4.69, 9.17) is 0 Å².